The molecule has 0 amide bonds. The highest BCUT2D eigenvalue weighted by molar-refractivity contribution is 5.16. The first kappa shape index (κ1) is 14.1. The molecular formula is C16H27N3O. The Morgan fingerprint density at radius 1 is 1.35 bits per heavy atom. The highest BCUT2D eigenvalue weighted by atomic mass is 16.5. The first-order chi connectivity index (χ1) is 9.71. The lowest BCUT2D eigenvalue weighted by atomic mass is 9.78. The highest BCUT2D eigenvalue weighted by Crippen LogP contribution is 2.36. The fourth-order valence-electron chi connectivity index (χ4n) is 3.76. The quantitative estimate of drug-likeness (QED) is 0.922. The van der Waals surface area contributed by atoms with Crippen LogP contribution in [0.2, 0.25) is 0 Å². The third-order valence-electron chi connectivity index (χ3n) is 5.38. The Kier molecular flexibility index (Phi) is 4.13. The topological polar surface area (TPSA) is 39.1 Å². The van der Waals surface area contributed by atoms with Crippen LogP contribution in [-0.2, 0) is 10.2 Å². The third kappa shape index (κ3) is 2.63. The minimum Gasteiger partial charge on any atom is -0.381 e. The molecular weight excluding hydrogens is 250 g/mol. The smallest absolute Gasteiger partial charge is 0.0950 e. The molecule has 1 atom stereocenters. The summed E-state index contributed by atoms with van der Waals surface area (Å²) in [6.45, 7) is 8.82. The molecule has 2 fully saturated rings. The Morgan fingerprint density at radius 3 is 2.75 bits per heavy atom. The number of nitrogens with zero attached hydrogens (tertiary/aromatic N) is 2. The molecule has 1 aromatic rings. The lowest BCUT2D eigenvalue weighted by Gasteiger charge is -2.37. The number of rotatable bonds is 3. The SMILES string of the molecule is CC(C1CCOCC1)n1cncc1C1(C)CCNCC1. The predicted octanol–water partition coefficient (Wildman–Crippen LogP) is 2.51. The van der Waals surface area contributed by atoms with Crippen LogP contribution in [0, 0.1) is 5.92 Å². The molecule has 1 N–H and O–H groups in total. The first-order valence-corrected chi connectivity index (χ1v) is 8.01. The molecule has 0 bridgehead atoms. The molecule has 0 aliphatic carbocycles. The molecule has 20 heavy (non-hydrogen) atoms. The fraction of sp³-hybridized carbons (Fsp3) is 0.812. The zero-order chi connectivity index (χ0) is 14.0. The average molecular weight is 277 g/mol. The summed E-state index contributed by atoms with van der Waals surface area (Å²) in [7, 11) is 0. The summed E-state index contributed by atoms with van der Waals surface area (Å²) in [6, 6.07) is 0.531. The van der Waals surface area contributed by atoms with Crippen molar-refractivity contribution in [2.75, 3.05) is 26.3 Å². The second-order valence-electron chi connectivity index (χ2n) is 6.69. The van der Waals surface area contributed by atoms with Crippen molar-refractivity contribution in [2.24, 2.45) is 5.92 Å². The van der Waals surface area contributed by atoms with E-state index in [0.29, 0.717) is 6.04 Å². The normalized spacial score (nSPS) is 25.5. The van der Waals surface area contributed by atoms with E-state index in [2.05, 4.69) is 34.9 Å². The van der Waals surface area contributed by atoms with Crippen LogP contribution in [-0.4, -0.2) is 35.9 Å². The number of aromatic nitrogens is 2. The van der Waals surface area contributed by atoms with Gasteiger partial charge in [0.2, 0.25) is 0 Å². The van der Waals surface area contributed by atoms with Crippen LogP contribution in [0.5, 0.6) is 0 Å². The van der Waals surface area contributed by atoms with Crippen molar-refractivity contribution in [1.82, 2.24) is 14.9 Å². The second kappa shape index (κ2) is 5.86. The zero-order valence-corrected chi connectivity index (χ0v) is 12.8. The molecule has 1 unspecified atom stereocenters. The summed E-state index contributed by atoms with van der Waals surface area (Å²) < 4.78 is 7.95. The van der Waals surface area contributed by atoms with Crippen molar-refractivity contribution in [3.05, 3.63) is 18.2 Å². The van der Waals surface area contributed by atoms with Crippen LogP contribution in [0.1, 0.15) is 51.3 Å². The number of hydrogen-bond acceptors (Lipinski definition) is 3. The lowest BCUT2D eigenvalue weighted by Crippen LogP contribution is -2.39. The van der Waals surface area contributed by atoms with Crippen molar-refractivity contribution in [2.45, 2.75) is 51.0 Å². The highest BCUT2D eigenvalue weighted by Gasteiger charge is 2.34. The van der Waals surface area contributed by atoms with Gasteiger partial charge < -0.3 is 14.6 Å². The first-order valence-electron chi connectivity index (χ1n) is 8.01. The van der Waals surface area contributed by atoms with E-state index in [4.69, 9.17) is 4.74 Å². The molecule has 0 radical (unpaired) electrons. The van der Waals surface area contributed by atoms with E-state index < -0.39 is 0 Å². The van der Waals surface area contributed by atoms with Gasteiger partial charge >= 0.3 is 0 Å². The van der Waals surface area contributed by atoms with Crippen LogP contribution in [0.3, 0.4) is 0 Å². The van der Waals surface area contributed by atoms with Crippen molar-refractivity contribution >= 4 is 0 Å². The summed E-state index contributed by atoms with van der Waals surface area (Å²) in [6.07, 6.45) is 8.91. The van der Waals surface area contributed by atoms with Gasteiger partial charge in [-0.15, -0.1) is 0 Å². The van der Waals surface area contributed by atoms with Crippen LogP contribution in [0.25, 0.3) is 0 Å². The van der Waals surface area contributed by atoms with Gasteiger partial charge in [0.05, 0.1) is 6.33 Å². The Labute approximate surface area is 121 Å². The monoisotopic (exact) mass is 277 g/mol. The van der Waals surface area contributed by atoms with E-state index in [1.165, 1.54) is 31.4 Å². The number of nitrogens with one attached hydrogen (secondary N) is 1. The zero-order valence-electron chi connectivity index (χ0n) is 12.8. The Morgan fingerprint density at radius 2 is 2.05 bits per heavy atom. The average Bonchev–Trinajstić information content (AvgIpc) is 2.98. The summed E-state index contributed by atoms with van der Waals surface area (Å²) in [5, 5.41) is 3.47. The van der Waals surface area contributed by atoms with Crippen LogP contribution in [0.15, 0.2) is 12.5 Å². The van der Waals surface area contributed by atoms with Crippen molar-refractivity contribution in [3.8, 4) is 0 Å². The van der Waals surface area contributed by atoms with E-state index in [1.54, 1.807) is 0 Å². The molecule has 3 rings (SSSR count). The van der Waals surface area contributed by atoms with Crippen LogP contribution in [0.4, 0.5) is 0 Å². The van der Waals surface area contributed by atoms with Crippen molar-refractivity contribution in [3.63, 3.8) is 0 Å². The standard InChI is InChI=1S/C16H27N3O/c1-13(14-3-9-20-10-4-14)19-12-18-11-15(19)16(2)5-7-17-8-6-16/h11-14,17H,3-10H2,1-2H3. The molecule has 2 aliphatic rings. The third-order valence-corrected chi connectivity index (χ3v) is 5.38. The van der Waals surface area contributed by atoms with E-state index in [-0.39, 0.29) is 5.41 Å². The van der Waals surface area contributed by atoms with E-state index in [0.717, 1.165) is 32.2 Å². The van der Waals surface area contributed by atoms with Gasteiger partial charge in [0, 0.05) is 36.6 Å². The predicted molar refractivity (Wildman–Crippen MR) is 79.9 cm³/mol. The summed E-state index contributed by atoms with van der Waals surface area (Å²) in [5.74, 6) is 0.724. The summed E-state index contributed by atoms with van der Waals surface area (Å²) in [4.78, 5) is 4.47. The van der Waals surface area contributed by atoms with E-state index >= 15 is 0 Å². The van der Waals surface area contributed by atoms with Gasteiger partial charge in [0.25, 0.3) is 0 Å². The van der Waals surface area contributed by atoms with Crippen molar-refractivity contribution in [1.29, 1.82) is 0 Å². The van der Waals surface area contributed by atoms with Gasteiger partial charge in [-0.3, -0.25) is 0 Å². The molecule has 0 saturated carbocycles. The minimum absolute atomic E-state index is 0.279. The molecule has 2 saturated heterocycles. The Bertz CT molecular complexity index is 431. The molecule has 3 heterocycles. The molecule has 1 aromatic heterocycles. The Balaban J connectivity index is 1.81. The number of imidazole rings is 1. The molecule has 0 spiro atoms. The van der Waals surface area contributed by atoms with Crippen LogP contribution >= 0.6 is 0 Å². The molecule has 4 nitrogen and oxygen atoms in total. The van der Waals surface area contributed by atoms with Gasteiger partial charge in [-0.25, -0.2) is 4.98 Å². The van der Waals surface area contributed by atoms with Gasteiger partial charge in [0.1, 0.15) is 0 Å². The molecule has 4 heteroatoms. The maximum absolute atomic E-state index is 5.50. The Hall–Kier alpha value is -0.870. The lowest BCUT2D eigenvalue weighted by molar-refractivity contribution is 0.0503. The number of hydrogen-bond donors (Lipinski definition) is 1. The molecule has 0 aromatic carbocycles. The minimum atomic E-state index is 0.279. The second-order valence-corrected chi connectivity index (χ2v) is 6.69. The van der Waals surface area contributed by atoms with E-state index in [9.17, 15) is 0 Å². The van der Waals surface area contributed by atoms with Crippen LogP contribution < -0.4 is 5.32 Å². The van der Waals surface area contributed by atoms with E-state index in [1.807, 2.05) is 6.33 Å². The fourth-order valence-corrected chi connectivity index (χ4v) is 3.76. The summed E-state index contributed by atoms with van der Waals surface area (Å²) >= 11 is 0. The van der Waals surface area contributed by atoms with Crippen molar-refractivity contribution < 1.29 is 4.74 Å². The maximum atomic E-state index is 5.50. The molecule has 2 aliphatic heterocycles. The maximum Gasteiger partial charge on any atom is 0.0950 e. The largest absolute Gasteiger partial charge is 0.381 e. The van der Waals surface area contributed by atoms with Gasteiger partial charge in [0.15, 0.2) is 0 Å². The van der Waals surface area contributed by atoms with Gasteiger partial charge in [-0.1, -0.05) is 6.92 Å². The van der Waals surface area contributed by atoms with Gasteiger partial charge in [-0.2, -0.15) is 0 Å². The van der Waals surface area contributed by atoms with Gasteiger partial charge in [-0.05, 0) is 51.6 Å². The number of piperidine rings is 1. The number of ether oxygens (including phenoxy) is 1. The molecule has 112 valence electrons. The summed E-state index contributed by atoms with van der Waals surface area (Å²) in [5.41, 5.74) is 1.71.